The lowest BCUT2D eigenvalue weighted by Gasteiger charge is -2.04. The van der Waals surface area contributed by atoms with Gasteiger partial charge in [0.05, 0.1) is 5.69 Å². The molecular weight excluding hydrogens is 275 g/mol. The van der Waals surface area contributed by atoms with Gasteiger partial charge in [-0.2, -0.15) is 0 Å². The first kappa shape index (κ1) is 13.1. The van der Waals surface area contributed by atoms with Gasteiger partial charge in [0.2, 0.25) is 0 Å². The number of ether oxygens (including phenoxy) is 1. The van der Waals surface area contributed by atoms with E-state index in [9.17, 15) is 9.18 Å². The smallest absolute Gasteiger partial charge is 0.352 e. The lowest BCUT2D eigenvalue weighted by atomic mass is 10.3. The quantitative estimate of drug-likeness (QED) is 0.801. The van der Waals surface area contributed by atoms with Crippen LogP contribution in [0.2, 0.25) is 0 Å². The molecule has 0 unspecified atom stereocenters. The van der Waals surface area contributed by atoms with Gasteiger partial charge in [0.15, 0.2) is 11.6 Å². The monoisotopic (exact) mass is 286 g/mol. The molecule has 0 saturated heterocycles. The molecule has 0 atom stereocenters. The van der Waals surface area contributed by atoms with Crippen molar-refractivity contribution in [3.05, 3.63) is 65.9 Å². The van der Waals surface area contributed by atoms with E-state index >= 15 is 0 Å². The molecule has 0 bridgehead atoms. The largest absolute Gasteiger partial charge is 0.484 e. The number of carbonyl (C=O) groups is 1. The van der Waals surface area contributed by atoms with E-state index in [1.54, 1.807) is 30.5 Å². The molecule has 3 rings (SSSR count). The maximum Gasteiger partial charge on any atom is 0.352 e. The van der Waals surface area contributed by atoms with E-state index in [1.165, 1.54) is 22.6 Å². The van der Waals surface area contributed by atoms with Crippen molar-refractivity contribution in [1.29, 1.82) is 0 Å². The number of halogens is 1. The second kappa shape index (κ2) is 5.24. The number of nitrogens with zero attached hydrogens (tertiary/aromatic N) is 2. The Bertz CT molecular complexity index is 814. The summed E-state index contributed by atoms with van der Waals surface area (Å²) in [6.45, 7) is 0.0572. The van der Waals surface area contributed by atoms with E-state index in [0.717, 1.165) is 0 Å². The van der Waals surface area contributed by atoms with E-state index < -0.39 is 11.8 Å². The Morgan fingerprint density at radius 1 is 1.24 bits per heavy atom. The molecule has 1 N–H and O–H groups in total. The van der Waals surface area contributed by atoms with Crippen molar-refractivity contribution < 1.29 is 19.0 Å². The molecule has 21 heavy (non-hydrogen) atoms. The highest BCUT2D eigenvalue weighted by molar-refractivity contribution is 5.86. The van der Waals surface area contributed by atoms with Gasteiger partial charge in [-0.05, 0) is 24.3 Å². The lowest BCUT2D eigenvalue weighted by Crippen LogP contribution is -2.03. The number of pyridine rings is 1. The zero-order valence-corrected chi connectivity index (χ0v) is 10.9. The highest BCUT2D eigenvalue weighted by atomic mass is 19.1. The number of para-hydroxylation sites is 1. The van der Waals surface area contributed by atoms with Crippen LogP contribution in [0.1, 0.15) is 16.2 Å². The number of hydrogen-bond acceptors (Lipinski definition) is 3. The van der Waals surface area contributed by atoms with Gasteiger partial charge < -0.3 is 9.84 Å². The highest BCUT2D eigenvalue weighted by Gasteiger charge is 2.11. The Hall–Kier alpha value is -2.89. The minimum Gasteiger partial charge on any atom is -0.484 e. The van der Waals surface area contributed by atoms with Crippen LogP contribution < -0.4 is 4.74 Å². The van der Waals surface area contributed by atoms with Crippen molar-refractivity contribution in [2.75, 3.05) is 0 Å². The lowest BCUT2D eigenvalue weighted by molar-refractivity contribution is 0.0689. The van der Waals surface area contributed by atoms with Crippen LogP contribution in [0.4, 0.5) is 4.39 Å². The van der Waals surface area contributed by atoms with Crippen LogP contribution in [0.5, 0.6) is 5.75 Å². The summed E-state index contributed by atoms with van der Waals surface area (Å²) in [5, 5.41) is 9.11. The van der Waals surface area contributed by atoms with Gasteiger partial charge >= 0.3 is 5.97 Å². The van der Waals surface area contributed by atoms with Gasteiger partial charge in [0.25, 0.3) is 0 Å². The van der Waals surface area contributed by atoms with Crippen molar-refractivity contribution in [2.24, 2.45) is 0 Å². The summed E-state index contributed by atoms with van der Waals surface area (Å²) in [5.74, 6) is -1.36. The first-order valence-electron chi connectivity index (χ1n) is 6.23. The second-order valence-corrected chi connectivity index (χ2v) is 4.40. The van der Waals surface area contributed by atoms with Crippen LogP contribution in [-0.4, -0.2) is 20.5 Å². The molecule has 0 aliphatic carbocycles. The van der Waals surface area contributed by atoms with Crippen molar-refractivity contribution >= 4 is 11.6 Å². The first-order chi connectivity index (χ1) is 10.1. The van der Waals surface area contributed by atoms with Crippen LogP contribution in [0, 0.1) is 5.82 Å². The third kappa shape index (κ3) is 2.55. The molecular formula is C15H11FN2O3. The number of hydrogen-bond donors (Lipinski definition) is 1. The average Bonchev–Trinajstić information content (AvgIpc) is 2.88. The maximum absolute atomic E-state index is 13.4. The van der Waals surface area contributed by atoms with Crippen LogP contribution in [0.15, 0.2) is 48.7 Å². The van der Waals surface area contributed by atoms with Crippen molar-refractivity contribution in [1.82, 2.24) is 9.38 Å². The van der Waals surface area contributed by atoms with Gasteiger partial charge in [-0.3, -0.25) is 4.40 Å². The van der Waals surface area contributed by atoms with Crippen LogP contribution in [-0.2, 0) is 6.61 Å². The van der Waals surface area contributed by atoms with Crippen molar-refractivity contribution in [2.45, 2.75) is 6.61 Å². The second-order valence-electron chi connectivity index (χ2n) is 4.40. The number of carboxylic acid groups (broad SMARTS) is 1. The average molecular weight is 286 g/mol. The van der Waals surface area contributed by atoms with Crippen LogP contribution >= 0.6 is 0 Å². The molecule has 6 heteroatoms. The molecule has 0 radical (unpaired) electrons. The molecule has 0 aliphatic heterocycles. The SMILES string of the molecule is O=C(O)c1cccc2nc(COc3ccccc3F)cn12. The molecule has 106 valence electrons. The van der Waals surface area contributed by atoms with Gasteiger partial charge in [-0.15, -0.1) is 0 Å². The van der Waals surface area contributed by atoms with E-state index in [-0.39, 0.29) is 18.1 Å². The number of aromatic nitrogens is 2. The predicted octanol–water partition coefficient (Wildman–Crippen LogP) is 2.75. The maximum atomic E-state index is 13.4. The summed E-state index contributed by atoms with van der Waals surface area (Å²) in [6.07, 6.45) is 1.57. The molecule has 2 aromatic heterocycles. The Labute approximate surface area is 119 Å². The third-order valence-electron chi connectivity index (χ3n) is 2.97. The fourth-order valence-electron chi connectivity index (χ4n) is 2.02. The summed E-state index contributed by atoms with van der Waals surface area (Å²) < 4.78 is 20.3. The topological polar surface area (TPSA) is 63.8 Å². The van der Waals surface area contributed by atoms with E-state index in [4.69, 9.17) is 9.84 Å². The Morgan fingerprint density at radius 2 is 2.05 bits per heavy atom. The molecule has 0 fully saturated rings. The summed E-state index contributed by atoms with van der Waals surface area (Å²) in [5.41, 5.74) is 1.13. The Kier molecular flexibility index (Phi) is 3.27. The highest BCUT2D eigenvalue weighted by Crippen LogP contribution is 2.17. The van der Waals surface area contributed by atoms with E-state index in [0.29, 0.717) is 11.3 Å². The predicted molar refractivity (Wildman–Crippen MR) is 72.9 cm³/mol. The molecule has 0 aliphatic rings. The molecule has 0 spiro atoms. The molecule has 0 saturated carbocycles. The zero-order chi connectivity index (χ0) is 14.8. The molecule has 0 amide bonds. The summed E-state index contributed by atoms with van der Waals surface area (Å²) in [7, 11) is 0. The molecule has 3 aromatic rings. The third-order valence-corrected chi connectivity index (χ3v) is 2.97. The van der Waals surface area contributed by atoms with E-state index in [1.807, 2.05) is 0 Å². The number of aromatic carboxylic acids is 1. The molecule has 1 aromatic carbocycles. The minimum atomic E-state index is -1.04. The fraction of sp³-hybridized carbons (Fsp3) is 0.0667. The van der Waals surface area contributed by atoms with Crippen LogP contribution in [0.25, 0.3) is 5.65 Å². The standard InChI is InChI=1S/C15H11FN2O3/c16-11-4-1-2-6-13(11)21-9-10-8-18-12(15(19)20)5-3-7-14(18)17-10/h1-8H,9H2,(H,19,20). The zero-order valence-electron chi connectivity index (χ0n) is 10.9. The number of benzene rings is 1. The van der Waals surface area contributed by atoms with Gasteiger partial charge in [0, 0.05) is 6.20 Å². The van der Waals surface area contributed by atoms with Crippen molar-refractivity contribution in [3.8, 4) is 5.75 Å². The van der Waals surface area contributed by atoms with Gasteiger partial charge in [-0.1, -0.05) is 18.2 Å². The minimum absolute atomic E-state index is 0.0572. The Balaban J connectivity index is 1.87. The fourth-order valence-corrected chi connectivity index (χ4v) is 2.02. The molecule has 5 nitrogen and oxygen atoms in total. The number of imidazole rings is 1. The summed E-state index contributed by atoms with van der Waals surface area (Å²) >= 11 is 0. The summed E-state index contributed by atoms with van der Waals surface area (Å²) in [4.78, 5) is 15.4. The van der Waals surface area contributed by atoms with E-state index in [2.05, 4.69) is 4.98 Å². The van der Waals surface area contributed by atoms with Gasteiger partial charge in [0.1, 0.15) is 17.9 Å². The number of carboxylic acids is 1. The first-order valence-corrected chi connectivity index (χ1v) is 6.23. The normalized spacial score (nSPS) is 10.7. The van der Waals surface area contributed by atoms with Crippen LogP contribution in [0.3, 0.4) is 0 Å². The number of fused-ring (bicyclic) bond motifs is 1. The summed E-state index contributed by atoms with van der Waals surface area (Å²) in [6, 6.07) is 10.9. The number of rotatable bonds is 4. The van der Waals surface area contributed by atoms with Crippen molar-refractivity contribution in [3.63, 3.8) is 0 Å². The van der Waals surface area contributed by atoms with Gasteiger partial charge in [-0.25, -0.2) is 14.2 Å². The Morgan fingerprint density at radius 3 is 2.81 bits per heavy atom. The molecule has 2 heterocycles.